The highest BCUT2D eigenvalue weighted by Crippen LogP contribution is 2.26. The fraction of sp³-hybridized carbons (Fsp3) is 0.462. The van der Waals surface area contributed by atoms with Gasteiger partial charge in [0, 0.05) is 19.6 Å². The van der Waals surface area contributed by atoms with E-state index in [1.54, 1.807) is 7.11 Å². The van der Waals surface area contributed by atoms with E-state index in [0.717, 1.165) is 23.3 Å². The standard InChI is InChI=1S/C13H18BrN3O2/c1-18-11-3-2-9(6-10(11)14)7-17-4-5-19-12(8-17)13(15)16/h2-3,6,12H,4-5,7-8H2,1H3,(H3,15,16). The van der Waals surface area contributed by atoms with Crippen LogP contribution < -0.4 is 10.5 Å². The van der Waals surface area contributed by atoms with E-state index < -0.39 is 0 Å². The SMILES string of the molecule is COc1ccc(CN2CCOC(C(=N)N)C2)cc1Br. The molecule has 104 valence electrons. The van der Waals surface area contributed by atoms with Gasteiger partial charge in [0.15, 0.2) is 0 Å². The number of amidine groups is 1. The molecule has 1 aliphatic rings. The average molecular weight is 328 g/mol. The van der Waals surface area contributed by atoms with E-state index >= 15 is 0 Å². The van der Waals surface area contributed by atoms with Crippen molar-refractivity contribution < 1.29 is 9.47 Å². The lowest BCUT2D eigenvalue weighted by Crippen LogP contribution is -2.47. The summed E-state index contributed by atoms with van der Waals surface area (Å²) >= 11 is 3.48. The summed E-state index contributed by atoms with van der Waals surface area (Å²) in [6.07, 6.45) is -0.282. The molecule has 0 spiro atoms. The molecule has 0 aliphatic carbocycles. The second kappa shape index (κ2) is 6.36. The summed E-state index contributed by atoms with van der Waals surface area (Å²) in [4.78, 5) is 2.24. The quantitative estimate of drug-likeness (QED) is 0.650. The van der Waals surface area contributed by atoms with Gasteiger partial charge < -0.3 is 15.2 Å². The molecule has 1 heterocycles. The molecule has 5 nitrogen and oxygen atoms in total. The largest absolute Gasteiger partial charge is 0.496 e. The van der Waals surface area contributed by atoms with Crippen LogP contribution in [-0.2, 0) is 11.3 Å². The van der Waals surface area contributed by atoms with E-state index in [9.17, 15) is 0 Å². The number of rotatable bonds is 4. The summed E-state index contributed by atoms with van der Waals surface area (Å²) in [5.74, 6) is 0.924. The molecule has 1 fully saturated rings. The molecule has 1 saturated heterocycles. The number of hydrogen-bond donors (Lipinski definition) is 2. The van der Waals surface area contributed by atoms with Crippen LogP contribution >= 0.6 is 15.9 Å². The Hall–Kier alpha value is -1.11. The summed E-state index contributed by atoms with van der Waals surface area (Å²) < 4.78 is 11.6. The molecule has 0 saturated carbocycles. The van der Waals surface area contributed by atoms with E-state index in [1.165, 1.54) is 5.56 Å². The highest BCUT2D eigenvalue weighted by atomic mass is 79.9. The van der Waals surface area contributed by atoms with Gasteiger partial charge in [-0.2, -0.15) is 0 Å². The van der Waals surface area contributed by atoms with Gasteiger partial charge in [0.1, 0.15) is 17.7 Å². The number of nitrogens with one attached hydrogen (secondary N) is 1. The van der Waals surface area contributed by atoms with E-state index in [1.807, 2.05) is 12.1 Å². The Kier molecular flexibility index (Phi) is 4.79. The lowest BCUT2D eigenvalue weighted by molar-refractivity contribution is 0.00235. The smallest absolute Gasteiger partial charge is 0.133 e. The Morgan fingerprint density at radius 2 is 2.42 bits per heavy atom. The van der Waals surface area contributed by atoms with Crippen LogP contribution in [0.25, 0.3) is 0 Å². The summed E-state index contributed by atoms with van der Waals surface area (Å²) in [6.45, 7) is 2.95. The third kappa shape index (κ3) is 3.68. The number of nitrogens with zero attached hydrogens (tertiary/aromatic N) is 1. The van der Waals surface area contributed by atoms with Gasteiger partial charge in [-0.1, -0.05) is 6.07 Å². The number of methoxy groups -OCH3 is 1. The number of hydrogen-bond acceptors (Lipinski definition) is 4. The van der Waals surface area contributed by atoms with E-state index in [2.05, 4.69) is 26.9 Å². The van der Waals surface area contributed by atoms with Gasteiger partial charge in [-0.3, -0.25) is 10.3 Å². The molecular formula is C13H18BrN3O2. The van der Waals surface area contributed by atoms with E-state index in [0.29, 0.717) is 13.2 Å². The highest BCUT2D eigenvalue weighted by Gasteiger charge is 2.22. The fourth-order valence-electron chi connectivity index (χ4n) is 2.10. The molecule has 1 aliphatic heterocycles. The Bertz CT molecular complexity index is 467. The van der Waals surface area contributed by atoms with Crippen molar-refractivity contribution in [1.82, 2.24) is 4.90 Å². The summed E-state index contributed by atoms with van der Waals surface area (Å²) in [5.41, 5.74) is 6.68. The number of morpholine rings is 1. The van der Waals surface area contributed by atoms with Gasteiger partial charge in [-0.15, -0.1) is 0 Å². The second-order valence-corrected chi connectivity index (χ2v) is 5.37. The maximum absolute atomic E-state index is 7.45. The van der Waals surface area contributed by atoms with Gasteiger partial charge >= 0.3 is 0 Å². The lowest BCUT2D eigenvalue weighted by Gasteiger charge is -2.32. The first-order chi connectivity index (χ1) is 9.10. The van der Waals surface area contributed by atoms with Crippen LogP contribution in [-0.4, -0.2) is 43.6 Å². The zero-order valence-electron chi connectivity index (χ0n) is 10.9. The van der Waals surface area contributed by atoms with Crippen LogP contribution in [0.1, 0.15) is 5.56 Å². The van der Waals surface area contributed by atoms with Gasteiger partial charge in [-0.05, 0) is 33.6 Å². The number of halogens is 1. The van der Waals surface area contributed by atoms with Crippen LogP contribution in [0, 0.1) is 5.41 Å². The molecule has 3 N–H and O–H groups in total. The first kappa shape index (κ1) is 14.3. The maximum Gasteiger partial charge on any atom is 0.133 e. The minimum Gasteiger partial charge on any atom is -0.496 e. The molecule has 0 aromatic heterocycles. The fourth-order valence-corrected chi connectivity index (χ4v) is 2.69. The predicted octanol–water partition coefficient (Wildman–Crippen LogP) is 1.59. The number of ether oxygens (including phenoxy) is 2. The molecule has 1 unspecified atom stereocenters. The number of benzene rings is 1. The second-order valence-electron chi connectivity index (χ2n) is 4.52. The van der Waals surface area contributed by atoms with Crippen molar-refractivity contribution in [2.75, 3.05) is 26.8 Å². The Morgan fingerprint density at radius 3 is 3.05 bits per heavy atom. The molecule has 1 aromatic carbocycles. The summed E-state index contributed by atoms with van der Waals surface area (Å²) in [6, 6.07) is 6.04. The first-order valence-corrected chi connectivity index (χ1v) is 6.89. The van der Waals surface area contributed by atoms with Gasteiger partial charge in [0.2, 0.25) is 0 Å². The third-order valence-electron chi connectivity index (χ3n) is 3.12. The zero-order chi connectivity index (χ0) is 13.8. The molecule has 0 bridgehead atoms. The van der Waals surface area contributed by atoms with Gasteiger partial charge in [-0.25, -0.2) is 0 Å². The molecule has 19 heavy (non-hydrogen) atoms. The first-order valence-electron chi connectivity index (χ1n) is 6.10. The topological polar surface area (TPSA) is 71.6 Å². The molecular weight excluding hydrogens is 310 g/mol. The normalized spacial score (nSPS) is 20.2. The van der Waals surface area contributed by atoms with Crippen molar-refractivity contribution >= 4 is 21.8 Å². The summed E-state index contributed by atoms with van der Waals surface area (Å²) in [7, 11) is 1.65. The lowest BCUT2D eigenvalue weighted by atomic mass is 10.1. The van der Waals surface area contributed by atoms with E-state index in [-0.39, 0.29) is 11.9 Å². The summed E-state index contributed by atoms with van der Waals surface area (Å²) in [5, 5.41) is 7.45. The third-order valence-corrected chi connectivity index (χ3v) is 3.74. The van der Waals surface area contributed by atoms with Crippen molar-refractivity contribution in [2.24, 2.45) is 5.73 Å². The van der Waals surface area contributed by atoms with Crippen LogP contribution in [0.2, 0.25) is 0 Å². The molecule has 0 radical (unpaired) electrons. The Balaban J connectivity index is 2.00. The zero-order valence-corrected chi connectivity index (χ0v) is 12.4. The van der Waals surface area contributed by atoms with Gasteiger partial charge in [0.05, 0.1) is 18.2 Å². The van der Waals surface area contributed by atoms with Crippen LogP contribution in [0.15, 0.2) is 22.7 Å². The van der Waals surface area contributed by atoms with Crippen LogP contribution in [0.5, 0.6) is 5.75 Å². The van der Waals surface area contributed by atoms with Crippen LogP contribution in [0.3, 0.4) is 0 Å². The molecule has 1 atom stereocenters. The molecule has 6 heteroatoms. The molecule has 0 amide bonds. The number of nitrogens with two attached hydrogens (primary N) is 1. The predicted molar refractivity (Wildman–Crippen MR) is 77.6 cm³/mol. The average Bonchev–Trinajstić information content (AvgIpc) is 2.39. The van der Waals surface area contributed by atoms with Crippen LogP contribution in [0.4, 0.5) is 0 Å². The molecule has 1 aromatic rings. The highest BCUT2D eigenvalue weighted by molar-refractivity contribution is 9.10. The van der Waals surface area contributed by atoms with E-state index in [4.69, 9.17) is 20.6 Å². The Labute approximate surface area is 121 Å². The van der Waals surface area contributed by atoms with Crippen molar-refractivity contribution in [1.29, 1.82) is 5.41 Å². The van der Waals surface area contributed by atoms with Crippen molar-refractivity contribution in [2.45, 2.75) is 12.6 Å². The maximum atomic E-state index is 7.45. The minimum atomic E-state index is -0.282. The Morgan fingerprint density at radius 1 is 1.63 bits per heavy atom. The van der Waals surface area contributed by atoms with Crippen molar-refractivity contribution in [3.8, 4) is 5.75 Å². The van der Waals surface area contributed by atoms with Crippen molar-refractivity contribution in [3.05, 3.63) is 28.2 Å². The minimum absolute atomic E-state index is 0.0978. The van der Waals surface area contributed by atoms with Gasteiger partial charge in [0.25, 0.3) is 0 Å². The monoisotopic (exact) mass is 327 g/mol. The van der Waals surface area contributed by atoms with Crippen molar-refractivity contribution in [3.63, 3.8) is 0 Å². The molecule has 2 rings (SSSR count).